The van der Waals surface area contributed by atoms with E-state index in [1.807, 2.05) is 32.8 Å². The van der Waals surface area contributed by atoms with Gasteiger partial charge in [0.15, 0.2) is 0 Å². The molecule has 0 bridgehead atoms. The van der Waals surface area contributed by atoms with E-state index in [1.54, 1.807) is 13.8 Å². The predicted octanol–water partition coefficient (Wildman–Crippen LogP) is 2.35. The Kier molecular flexibility index (Phi) is 4.51. The average Bonchev–Trinajstić information content (AvgIpc) is 2.04. The highest BCUT2D eigenvalue weighted by molar-refractivity contribution is 5.31. The lowest BCUT2D eigenvalue weighted by molar-refractivity contribution is -0.0979. The number of carbonyl (C=O) groups excluding carboxylic acids is 1. The minimum atomic E-state index is -0.725. The second-order valence-corrected chi connectivity index (χ2v) is 3.94. The highest BCUT2D eigenvalue weighted by Crippen LogP contribution is 2.21. The molecule has 0 saturated heterocycles. The fourth-order valence-electron chi connectivity index (χ4n) is 1.33. The lowest BCUT2D eigenvalue weighted by Gasteiger charge is -2.18. The Morgan fingerprint density at radius 2 is 1.43 bits per heavy atom. The standard InChI is InChI=1S/C11H16O.CH2O/c1-8-5-9(2)7-10(6-8)11(3,4)12;1-2/h5-7,12H,1-4H3;1H2. The van der Waals surface area contributed by atoms with Crippen LogP contribution in [-0.2, 0) is 10.4 Å². The second kappa shape index (κ2) is 4.91. The number of rotatable bonds is 1. The van der Waals surface area contributed by atoms with Gasteiger partial charge in [0.2, 0.25) is 0 Å². The maximum Gasteiger partial charge on any atom is 0.106 e. The summed E-state index contributed by atoms with van der Waals surface area (Å²) in [5.41, 5.74) is 2.66. The van der Waals surface area contributed by atoms with E-state index >= 15 is 0 Å². The van der Waals surface area contributed by atoms with E-state index in [9.17, 15) is 5.11 Å². The van der Waals surface area contributed by atoms with E-state index in [1.165, 1.54) is 11.1 Å². The highest BCUT2D eigenvalue weighted by atomic mass is 16.3. The predicted molar refractivity (Wildman–Crippen MR) is 58.3 cm³/mol. The van der Waals surface area contributed by atoms with Gasteiger partial charge in [0, 0.05) is 0 Å². The van der Waals surface area contributed by atoms with Crippen LogP contribution < -0.4 is 0 Å². The third kappa shape index (κ3) is 3.71. The van der Waals surface area contributed by atoms with Crippen molar-refractivity contribution >= 4 is 6.79 Å². The Hall–Kier alpha value is -1.15. The van der Waals surface area contributed by atoms with Crippen molar-refractivity contribution in [3.63, 3.8) is 0 Å². The topological polar surface area (TPSA) is 37.3 Å². The first-order chi connectivity index (χ1) is 6.39. The smallest absolute Gasteiger partial charge is 0.106 e. The highest BCUT2D eigenvalue weighted by Gasteiger charge is 2.15. The molecule has 1 N–H and O–H groups in total. The van der Waals surface area contributed by atoms with Crippen LogP contribution in [0.1, 0.15) is 30.5 Å². The average molecular weight is 194 g/mol. The van der Waals surface area contributed by atoms with E-state index in [2.05, 4.69) is 6.07 Å². The summed E-state index contributed by atoms with van der Waals surface area (Å²) in [5.74, 6) is 0. The summed E-state index contributed by atoms with van der Waals surface area (Å²) in [6.07, 6.45) is 0. The number of hydrogen-bond acceptors (Lipinski definition) is 2. The van der Waals surface area contributed by atoms with E-state index < -0.39 is 5.60 Å². The van der Waals surface area contributed by atoms with Crippen LogP contribution in [0.2, 0.25) is 0 Å². The normalized spacial score (nSPS) is 10.4. The molecular formula is C12H18O2. The molecule has 0 radical (unpaired) electrons. The molecule has 0 atom stereocenters. The molecule has 0 fully saturated rings. The Balaban J connectivity index is 0.000000791. The zero-order chi connectivity index (χ0) is 11.4. The van der Waals surface area contributed by atoms with Gasteiger partial charge in [-0.1, -0.05) is 29.3 Å². The molecule has 0 unspecified atom stereocenters. The van der Waals surface area contributed by atoms with Crippen LogP contribution >= 0.6 is 0 Å². The summed E-state index contributed by atoms with van der Waals surface area (Å²) in [6, 6.07) is 6.15. The Morgan fingerprint density at radius 3 is 1.71 bits per heavy atom. The first-order valence-electron chi connectivity index (χ1n) is 4.49. The van der Waals surface area contributed by atoms with Crippen LogP contribution in [0, 0.1) is 13.8 Å². The molecule has 0 aliphatic heterocycles. The van der Waals surface area contributed by atoms with Crippen molar-refractivity contribution in [3.05, 3.63) is 34.9 Å². The van der Waals surface area contributed by atoms with Gasteiger partial charge in [-0.05, 0) is 33.3 Å². The van der Waals surface area contributed by atoms with Crippen molar-refractivity contribution in [3.8, 4) is 0 Å². The summed E-state index contributed by atoms with van der Waals surface area (Å²) >= 11 is 0. The van der Waals surface area contributed by atoms with Crippen molar-refractivity contribution in [1.82, 2.24) is 0 Å². The SMILES string of the molecule is C=O.Cc1cc(C)cc(C(C)(C)O)c1. The van der Waals surface area contributed by atoms with Gasteiger partial charge < -0.3 is 9.90 Å². The molecule has 2 nitrogen and oxygen atoms in total. The second-order valence-electron chi connectivity index (χ2n) is 3.94. The molecular weight excluding hydrogens is 176 g/mol. The van der Waals surface area contributed by atoms with E-state index in [0.717, 1.165) is 5.56 Å². The number of hydrogen-bond donors (Lipinski definition) is 1. The largest absolute Gasteiger partial charge is 0.386 e. The molecule has 1 aromatic rings. The molecule has 14 heavy (non-hydrogen) atoms. The molecule has 0 spiro atoms. The van der Waals surface area contributed by atoms with Gasteiger partial charge >= 0.3 is 0 Å². The number of aryl methyl sites for hydroxylation is 2. The van der Waals surface area contributed by atoms with Gasteiger partial charge in [-0.25, -0.2) is 0 Å². The van der Waals surface area contributed by atoms with Crippen LogP contribution in [0.5, 0.6) is 0 Å². The molecule has 1 rings (SSSR count). The number of carbonyl (C=O) groups is 1. The maximum absolute atomic E-state index is 9.74. The third-order valence-electron chi connectivity index (χ3n) is 1.93. The summed E-state index contributed by atoms with van der Waals surface area (Å²) in [5, 5.41) is 9.74. The molecule has 78 valence electrons. The summed E-state index contributed by atoms with van der Waals surface area (Å²) < 4.78 is 0. The molecule has 2 heteroatoms. The van der Waals surface area contributed by atoms with Crippen LogP contribution in [-0.4, -0.2) is 11.9 Å². The van der Waals surface area contributed by atoms with Crippen LogP contribution in [0.15, 0.2) is 18.2 Å². The van der Waals surface area contributed by atoms with Gasteiger partial charge in [0.05, 0.1) is 5.60 Å². The minimum Gasteiger partial charge on any atom is -0.386 e. The molecule has 0 saturated carbocycles. The van der Waals surface area contributed by atoms with Crippen molar-refractivity contribution in [2.24, 2.45) is 0 Å². The third-order valence-corrected chi connectivity index (χ3v) is 1.93. The minimum absolute atomic E-state index is 0.725. The fourth-order valence-corrected chi connectivity index (χ4v) is 1.33. The zero-order valence-electron chi connectivity index (χ0n) is 9.29. The molecule has 0 aliphatic rings. The first-order valence-corrected chi connectivity index (χ1v) is 4.49. The van der Waals surface area contributed by atoms with Gasteiger partial charge in [-0.3, -0.25) is 0 Å². The van der Waals surface area contributed by atoms with Crippen molar-refractivity contribution in [1.29, 1.82) is 0 Å². The zero-order valence-corrected chi connectivity index (χ0v) is 9.29. The van der Waals surface area contributed by atoms with Crippen molar-refractivity contribution in [2.45, 2.75) is 33.3 Å². The van der Waals surface area contributed by atoms with E-state index in [0.29, 0.717) is 0 Å². The molecule has 0 heterocycles. The number of aliphatic hydroxyl groups is 1. The van der Waals surface area contributed by atoms with Gasteiger partial charge in [-0.15, -0.1) is 0 Å². The Bertz CT molecular complexity index is 277. The number of benzene rings is 1. The molecule has 0 amide bonds. The fraction of sp³-hybridized carbons (Fsp3) is 0.417. The summed E-state index contributed by atoms with van der Waals surface area (Å²) in [7, 11) is 0. The molecule has 0 aromatic heterocycles. The van der Waals surface area contributed by atoms with Gasteiger partial charge in [-0.2, -0.15) is 0 Å². The Morgan fingerprint density at radius 1 is 1.07 bits per heavy atom. The lowest BCUT2D eigenvalue weighted by Crippen LogP contribution is -2.15. The van der Waals surface area contributed by atoms with E-state index in [-0.39, 0.29) is 0 Å². The molecule has 0 aliphatic carbocycles. The van der Waals surface area contributed by atoms with E-state index in [4.69, 9.17) is 4.79 Å². The van der Waals surface area contributed by atoms with Crippen LogP contribution in [0.4, 0.5) is 0 Å². The quantitative estimate of drug-likeness (QED) is 0.745. The maximum atomic E-state index is 9.74. The van der Waals surface area contributed by atoms with Crippen LogP contribution in [0.25, 0.3) is 0 Å². The lowest BCUT2D eigenvalue weighted by atomic mass is 9.95. The van der Waals surface area contributed by atoms with Gasteiger partial charge in [0.25, 0.3) is 0 Å². The van der Waals surface area contributed by atoms with Crippen molar-refractivity contribution < 1.29 is 9.90 Å². The Labute approximate surface area is 85.6 Å². The summed E-state index contributed by atoms with van der Waals surface area (Å²) in [4.78, 5) is 8.00. The molecule has 1 aromatic carbocycles. The van der Waals surface area contributed by atoms with Crippen LogP contribution in [0.3, 0.4) is 0 Å². The van der Waals surface area contributed by atoms with Gasteiger partial charge in [0.1, 0.15) is 6.79 Å². The summed E-state index contributed by atoms with van der Waals surface area (Å²) in [6.45, 7) is 9.70. The van der Waals surface area contributed by atoms with Crippen molar-refractivity contribution in [2.75, 3.05) is 0 Å². The first kappa shape index (κ1) is 12.8. The monoisotopic (exact) mass is 194 g/mol.